The zero-order valence-corrected chi connectivity index (χ0v) is 9.92. The van der Waals surface area contributed by atoms with Gasteiger partial charge in [0.2, 0.25) is 0 Å². The number of likely N-dealkylation sites (tertiary alicyclic amines) is 1. The Morgan fingerprint density at radius 2 is 2.18 bits per heavy atom. The Hall–Kier alpha value is -1.62. The molecular weight excluding hydrogens is 220 g/mol. The molecule has 0 atom stereocenters. The minimum absolute atomic E-state index is 0.0401. The van der Waals surface area contributed by atoms with Crippen molar-refractivity contribution in [3.8, 4) is 5.75 Å². The van der Waals surface area contributed by atoms with Crippen LogP contribution < -0.4 is 0 Å². The quantitative estimate of drug-likeness (QED) is 0.790. The molecule has 0 radical (unpaired) electrons. The largest absolute Gasteiger partial charge is 0.505 e. The smallest absolute Gasteiger partial charge is 0.276 e. The molecule has 5 nitrogen and oxygen atoms in total. The molecule has 2 heterocycles. The average molecular weight is 236 g/mol. The minimum Gasteiger partial charge on any atom is -0.505 e. The van der Waals surface area contributed by atoms with E-state index in [1.165, 1.54) is 17.2 Å². The van der Waals surface area contributed by atoms with Gasteiger partial charge in [0.25, 0.3) is 5.91 Å². The standard InChI is InChI=1S/C12H16N2O3/c1-8(2)12(17)6-14(7-12)11(16)10-9(15)4-3-5-13-10/h3-5,8,15,17H,6-7H2,1-2H3. The van der Waals surface area contributed by atoms with Crippen LogP contribution in [0.15, 0.2) is 18.3 Å². The van der Waals surface area contributed by atoms with Gasteiger partial charge in [0.05, 0.1) is 13.1 Å². The van der Waals surface area contributed by atoms with Crippen LogP contribution in [0.5, 0.6) is 5.75 Å². The van der Waals surface area contributed by atoms with Crippen LogP contribution in [-0.4, -0.2) is 44.7 Å². The Balaban J connectivity index is 2.08. The van der Waals surface area contributed by atoms with Crippen molar-refractivity contribution < 1.29 is 15.0 Å². The predicted molar refractivity (Wildman–Crippen MR) is 61.6 cm³/mol. The van der Waals surface area contributed by atoms with E-state index in [2.05, 4.69) is 4.98 Å². The maximum Gasteiger partial charge on any atom is 0.276 e. The molecule has 1 fully saturated rings. The lowest BCUT2D eigenvalue weighted by molar-refractivity contribution is -0.111. The van der Waals surface area contributed by atoms with Crippen molar-refractivity contribution in [1.29, 1.82) is 0 Å². The van der Waals surface area contributed by atoms with Crippen LogP contribution in [0.4, 0.5) is 0 Å². The Labute approximate surface area is 99.7 Å². The molecule has 2 rings (SSSR count). The van der Waals surface area contributed by atoms with Crippen LogP contribution >= 0.6 is 0 Å². The highest BCUT2D eigenvalue weighted by Gasteiger charge is 2.46. The van der Waals surface area contributed by atoms with Crippen molar-refractivity contribution in [3.63, 3.8) is 0 Å². The number of β-amino-alcohol motifs (C(OH)–C–C–N with tert-alkyl or cyclic N) is 1. The molecule has 1 amide bonds. The number of carbonyl (C=O) groups is 1. The second-order valence-corrected chi connectivity index (χ2v) is 4.79. The molecule has 1 saturated heterocycles. The van der Waals surface area contributed by atoms with E-state index < -0.39 is 5.60 Å². The van der Waals surface area contributed by atoms with E-state index in [9.17, 15) is 15.0 Å². The topological polar surface area (TPSA) is 73.7 Å². The molecule has 0 spiro atoms. The molecule has 1 aromatic heterocycles. The van der Waals surface area contributed by atoms with Crippen LogP contribution in [0.1, 0.15) is 24.3 Å². The maximum atomic E-state index is 12.0. The number of rotatable bonds is 2. The van der Waals surface area contributed by atoms with Gasteiger partial charge < -0.3 is 15.1 Å². The molecule has 0 aromatic carbocycles. The van der Waals surface area contributed by atoms with Gasteiger partial charge in [-0.3, -0.25) is 4.79 Å². The van der Waals surface area contributed by atoms with Gasteiger partial charge in [0.15, 0.2) is 5.69 Å². The number of amides is 1. The van der Waals surface area contributed by atoms with E-state index in [-0.39, 0.29) is 23.3 Å². The number of hydrogen-bond donors (Lipinski definition) is 2. The third kappa shape index (κ3) is 1.98. The Kier molecular flexibility index (Phi) is 2.79. The van der Waals surface area contributed by atoms with Gasteiger partial charge in [-0.2, -0.15) is 0 Å². The van der Waals surface area contributed by atoms with Crippen molar-refractivity contribution in [3.05, 3.63) is 24.0 Å². The Bertz CT molecular complexity index is 439. The molecular formula is C12H16N2O3. The average Bonchev–Trinajstić information content (AvgIpc) is 2.24. The zero-order chi connectivity index (χ0) is 12.6. The first-order chi connectivity index (χ1) is 7.94. The monoisotopic (exact) mass is 236 g/mol. The van der Waals surface area contributed by atoms with Crippen LogP contribution in [0.25, 0.3) is 0 Å². The van der Waals surface area contributed by atoms with Crippen LogP contribution in [0.2, 0.25) is 0 Å². The molecule has 0 saturated carbocycles. The van der Waals surface area contributed by atoms with Gasteiger partial charge in [-0.15, -0.1) is 0 Å². The second-order valence-electron chi connectivity index (χ2n) is 4.79. The van der Waals surface area contributed by atoms with Crippen molar-refractivity contribution in [2.45, 2.75) is 19.4 Å². The van der Waals surface area contributed by atoms with E-state index in [1.54, 1.807) is 6.07 Å². The summed E-state index contributed by atoms with van der Waals surface area (Å²) >= 11 is 0. The van der Waals surface area contributed by atoms with Crippen molar-refractivity contribution in [2.24, 2.45) is 5.92 Å². The maximum absolute atomic E-state index is 12.0. The summed E-state index contributed by atoms with van der Waals surface area (Å²) in [4.78, 5) is 17.3. The van der Waals surface area contributed by atoms with Crippen molar-refractivity contribution >= 4 is 5.91 Å². The molecule has 92 valence electrons. The molecule has 1 aromatic rings. The third-order valence-electron chi connectivity index (χ3n) is 3.28. The molecule has 17 heavy (non-hydrogen) atoms. The first kappa shape index (κ1) is 11.9. The van der Waals surface area contributed by atoms with Gasteiger partial charge in [-0.1, -0.05) is 13.8 Å². The van der Waals surface area contributed by atoms with E-state index in [4.69, 9.17) is 0 Å². The summed E-state index contributed by atoms with van der Waals surface area (Å²) in [6, 6.07) is 2.99. The summed E-state index contributed by atoms with van der Waals surface area (Å²) in [5.41, 5.74) is -0.765. The molecule has 0 unspecified atom stereocenters. The fourth-order valence-corrected chi connectivity index (χ4v) is 1.83. The molecule has 0 aliphatic carbocycles. The fraction of sp³-hybridized carbons (Fsp3) is 0.500. The Morgan fingerprint density at radius 1 is 1.53 bits per heavy atom. The lowest BCUT2D eigenvalue weighted by Crippen LogP contribution is -2.66. The summed E-state index contributed by atoms with van der Waals surface area (Å²) in [5, 5.41) is 19.6. The summed E-state index contributed by atoms with van der Waals surface area (Å²) in [7, 11) is 0. The highest BCUT2D eigenvalue weighted by Crippen LogP contribution is 2.30. The number of carbonyl (C=O) groups excluding carboxylic acids is 1. The van der Waals surface area contributed by atoms with Gasteiger partial charge in [-0.25, -0.2) is 4.98 Å². The third-order valence-corrected chi connectivity index (χ3v) is 3.28. The first-order valence-electron chi connectivity index (χ1n) is 5.60. The van der Waals surface area contributed by atoms with Crippen LogP contribution in [0.3, 0.4) is 0 Å². The Morgan fingerprint density at radius 3 is 2.71 bits per heavy atom. The minimum atomic E-state index is -0.805. The number of aromatic hydroxyl groups is 1. The highest BCUT2D eigenvalue weighted by molar-refractivity contribution is 5.95. The zero-order valence-electron chi connectivity index (χ0n) is 9.92. The van der Waals surface area contributed by atoms with Crippen molar-refractivity contribution in [2.75, 3.05) is 13.1 Å². The second kappa shape index (κ2) is 4.00. The fourth-order valence-electron chi connectivity index (χ4n) is 1.83. The van der Waals surface area contributed by atoms with E-state index in [0.717, 1.165) is 0 Å². The highest BCUT2D eigenvalue weighted by atomic mass is 16.3. The van der Waals surface area contributed by atoms with Gasteiger partial charge in [0, 0.05) is 6.20 Å². The summed E-state index contributed by atoms with van der Waals surface area (Å²) in [6.45, 7) is 4.42. The number of aliphatic hydroxyl groups is 1. The molecule has 2 N–H and O–H groups in total. The van der Waals surface area contributed by atoms with Crippen LogP contribution in [0, 0.1) is 5.92 Å². The van der Waals surface area contributed by atoms with E-state index >= 15 is 0 Å². The molecule has 1 aliphatic heterocycles. The van der Waals surface area contributed by atoms with Gasteiger partial charge in [0.1, 0.15) is 11.4 Å². The number of aromatic nitrogens is 1. The SMILES string of the molecule is CC(C)C1(O)CN(C(=O)c2ncccc2O)C1. The molecule has 5 heteroatoms. The lowest BCUT2D eigenvalue weighted by atomic mass is 9.83. The normalized spacial score (nSPS) is 18.0. The summed E-state index contributed by atoms with van der Waals surface area (Å²) in [5.74, 6) is -0.366. The number of hydrogen-bond acceptors (Lipinski definition) is 4. The van der Waals surface area contributed by atoms with Gasteiger partial charge >= 0.3 is 0 Å². The number of pyridine rings is 1. The first-order valence-corrected chi connectivity index (χ1v) is 5.60. The molecule has 0 bridgehead atoms. The number of nitrogens with zero attached hydrogens (tertiary/aromatic N) is 2. The van der Waals surface area contributed by atoms with E-state index in [0.29, 0.717) is 13.1 Å². The van der Waals surface area contributed by atoms with Crippen LogP contribution in [-0.2, 0) is 0 Å². The molecule has 1 aliphatic rings. The lowest BCUT2D eigenvalue weighted by Gasteiger charge is -2.48. The summed E-state index contributed by atoms with van der Waals surface area (Å²) in [6.07, 6.45) is 1.46. The predicted octanol–water partition coefficient (Wildman–Crippen LogP) is 0.630. The summed E-state index contributed by atoms with van der Waals surface area (Å²) < 4.78 is 0. The van der Waals surface area contributed by atoms with E-state index in [1.807, 2.05) is 13.8 Å². The van der Waals surface area contributed by atoms with Gasteiger partial charge in [-0.05, 0) is 18.1 Å². The van der Waals surface area contributed by atoms with Crippen molar-refractivity contribution in [1.82, 2.24) is 9.88 Å².